The van der Waals surface area contributed by atoms with Gasteiger partial charge in [0.25, 0.3) is 0 Å². The summed E-state index contributed by atoms with van der Waals surface area (Å²) in [5, 5.41) is 18.4. The van der Waals surface area contributed by atoms with Gasteiger partial charge < -0.3 is 19.8 Å². The number of likely N-dealkylation sites (tertiary alicyclic amines) is 1. The van der Waals surface area contributed by atoms with Gasteiger partial charge in [0.2, 0.25) is 5.91 Å². The van der Waals surface area contributed by atoms with Crippen LogP contribution in [0.3, 0.4) is 0 Å². The molecule has 0 radical (unpaired) electrons. The van der Waals surface area contributed by atoms with E-state index in [9.17, 15) is 14.7 Å². The van der Waals surface area contributed by atoms with E-state index >= 15 is 0 Å². The van der Waals surface area contributed by atoms with Gasteiger partial charge in [0, 0.05) is 13.1 Å². The molecule has 2 fully saturated rings. The van der Waals surface area contributed by atoms with Crippen molar-refractivity contribution in [2.75, 3.05) is 39.4 Å². The highest BCUT2D eigenvalue weighted by molar-refractivity contribution is 5.82. The van der Waals surface area contributed by atoms with Crippen molar-refractivity contribution in [3.8, 4) is 0 Å². The molecule has 0 spiro atoms. The molecule has 0 aromatic carbocycles. The van der Waals surface area contributed by atoms with Gasteiger partial charge in [-0.15, -0.1) is 0 Å². The van der Waals surface area contributed by atoms with E-state index < -0.39 is 12.2 Å². The molecule has 0 aromatic heterocycles. The van der Waals surface area contributed by atoms with Crippen molar-refractivity contribution in [1.29, 1.82) is 0 Å². The molecule has 2 aliphatic rings. The van der Waals surface area contributed by atoms with Gasteiger partial charge in [-0.2, -0.15) is 0 Å². The van der Waals surface area contributed by atoms with Gasteiger partial charge in [-0.1, -0.05) is 0 Å². The number of aliphatic hydroxyl groups excluding tert-OH is 2. The van der Waals surface area contributed by atoms with Gasteiger partial charge in [0.1, 0.15) is 13.2 Å². The molecule has 2 heterocycles. The van der Waals surface area contributed by atoms with Crippen LogP contribution in [0.15, 0.2) is 0 Å². The predicted octanol–water partition coefficient (Wildman–Crippen LogP) is -0.970. The van der Waals surface area contributed by atoms with Crippen molar-refractivity contribution in [1.82, 2.24) is 9.80 Å². The minimum atomic E-state index is -0.703. The monoisotopic (exact) mass is 272 g/mol. The summed E-state index contributed by atoms with van der Waals surface area (Å²) in [5.41, 5.74) is 0. The third-order valence-corrected chi connectivity index (χ3v) is 3.79. The Bertz CT molecular complexity index is 341. The van der Waals surface area contributed by atoms with Crippen LogP contribution in [0.5, 0.6) is 0 Å². The number of hydrogen-bond acceptors (Lipinski definition) is 5. The summed E-state index contributed by atoms with van der Waals surface area (Å²) in [6.45, 7) is 1.75. The number of carbonyl (C=O) groups is 2. The first kappa shape index (κ1) is 14.1. The molecule has 2 aliphatic heterocycles. The number of carbonyl (C=O) groups excluding carboxylic acids is 2. The normalized spacial score (nSPS) is 22.5. The number of aliphatic hydroxyl groups is 2. The maximum atomic E-state index is 12.0. The molecule has 19 heavy (non-hydrogen) atoms. The van der Waals surface area contributed by atoms with Gasteiger partial charge in [0.05, 0.1) is 19.3 Å². The summed E-state index contributed by atoms with van der Waals surface area (Å²) in [7, 11) is 0. The smallest absolute Gasteiger partial charge is 0.410 e. The zero-order valence-electron chi connectivity index (χ0n) is 10.8. The first-order valence-corrected chi connectivity index (χ1v) is 6.60. The fourth-order valence-corrected chi connectivity index (χ4v) is 2.52. The van der Waals surface area contributed by atoms with E-state index in [1.807, 2.05) is 0 Å². The molecule has 2 amide bonds. The number of rotatable bonds is 4. The van der Waals surface area contributed by atoms with Crippen LogP contribution in [0.2, 0.25) is 0 Å². The van der Waals surface area contributed by atoms with E-state index in [0.29, 0.717) is 39.1 Å². The summed E-state index contributed by atoms with van der Waals surface area (Å²) in [4.78, 5) is 26.4. The molecule has 1 atom stereocenters. The second-order valence-corrected chi connectivity index (χ2v) is 5.00. The van der Waals surface area contributed by atoms with E-state index in [-0.39, 0.29) is 25.0 Å². The first-order valence-electron chi connectivity index (χ1n) is 6.60. The SMILES string of the molecule is O=C(CN1CCOC1=O)N1CCC(C(O)CO)CC1. The zero-order chi connectivity index (χ0) is 13.8. The molecular formula is C12H20N2O5. The molecule has 0 aliphatic carbocycles. The first-order chi connectivity index (χ1) is 9.11. The summed E-state index contributed by atoms with van der Waals surface area (Å²) in [6, 6.07) is 0. The molecule has 2 N–H and O–H groups in total. The highest BCUT2D eigenvalue weighted by Crippen LogP contribution is 2.20. The number of hydrogen-bond donors (Lipinski definition) is 2. The van der Waals surface area contributed by atoms with Crippen molar-refractivity contribution >= 4 is 12.0 Å². The third kappa shape index (κ3) is 3.36. The Kier molecular flexibility index (Phi) is 4.60. The Morgan fingerprint density at radius 2 is 2.05 bits per heavy atom. The van der Waals surface area contributed by atoms with Crippen molar-refractivity contribution < 1.29 is 24.5 Å². The molecule has 0 saturated carbocycles. The Labute approximate surface area is 111 Å². The van der Waals surface area contributed by atoms with E-state index in [0.717, 1.165) is 0 Å². The lowest BCUT2D eigenvalue weighted by Crippen LogP contribution is -2.46. The lowest BCUT2D eigenvalue weighted by Gasteiger charge is -2.34. The largest absolute Gasteiger partial charge is 0.448 e. The van der Waals surface area contributed by atoms with Gasteiger partial charge >= 0.3 is 6.09 Å². The summed E-state index contributed by atoms with van der Waals surface area (Å²) in [6.07, 6.45) is 0.222. The molecule has 108 valence electrons. The number of piperidine rings is 1. The summed E-state index contributed by atoms with van der Waals surface area (Å²) < 4.78 is 4.77. The minimum absolute atomic E-state index is 0.0470. The molecule has 2 saturated heterocycles. The quantitative estimate of drug-likeness (QED) is 0.687. The fourth-order valence-electron chi connectivity index (χ4n) is 2.52. The van der Waals surface area contributed by atoms with Crippen LogP contribution in [0, 0.1) is 5.92 Å². The standard InChI is InChI=1S/C12H20N2O5/c15-8-10(16)9-1-3-13(4-2-9)11(17)7-14-5-6-19-12(14)18/h9-10,15-16H,1-8H2. The average Bonchev–Trinajstić information content (AvgIpc) is 2.83. The molecule has 7 heteroatoms. The highest BCUT2D eigenvalue weighted by atomic mass is 16.6. The molecule has 2 rings (SSSR count). The van der Waals surface area contributed by atoms with Gasteiger partial charge in [-0.25, -0.2) is 4.79 Å². The maximum Gasteiger partial charge on any atom is 0.410 e. The van der Waals surface area contributed by atoms with Crippen LogP contribution >= 0.6 is 0 Å². The maximum absolute atomic E-state index is 12.0. The Morgan fingerprint density at radius 3 is 2.58 bits per heavy atom. The highest BCUT2D eigenvalue weighted by Gasteiger charge is 2.30. The van der Waals surface area contributed by atoms with Crippen LogP contribution in [-0.2, 0) is 9.53 Å². The number of amides is 2. The number of nitrogens with zero attached hydrogens (tertiary/aromatic N) is 2. The molecule has 0 bridgehead atoms. The fraction of sp³-hybridized carbons (Fsp3) is 0.833. The second-order valence-electron chi connectivity index (χ2n) is 5.00. The summed E-state index contributed by atoms with van der Waals surface area (Å²) in [5.74, 6) is -0.0402. The zero-order valence-corrected chi connectivity index (χ0v) is 10.8. The third-order valence-electron chi connectivity index (χ3n) is 3.79. The van der Waals surface area contributed by atoms with Crippen LogP contribution in [0.4, 0.5) is 4.79 Å². The van der Waals surface area contributed by atoms with Crippen LogP contribution in [-0.4, -0.2) is 77.5 Å². The molecule has 1 unspecified atom stereocenters. The Morgan fingerprint density at radius 1 is 1.37 bits per heavy atom. The van der Waals surface area contributed by atoms with Gasteiger partial charge in [-0.05, 0) is 18.8 Å². The lowest BCUT2D eigenvalue weighted by molar-refractivity contribution is -0.133. The second kappa shape index (κ2) is 6.21. The predicted molar refractivity (Wildman–Crippen MR) is 65.3 cm³/mol. The van der Waals surface area contributed by atoms with Crippen LogP contribution in [0.25, 0.3) is 0 Å². The molecule has 7 nitrogen and oxygen atoms in total. The van der Waals surface area contributed by atoms with Crippen molar-refractivity contribution in [2.45, 2.75) is 18.9 Å². The van der Waals surface area contributed by atoms with Crippen molar-refractivity contribution in [3.05, 3.63) is 0 Å². The van der Waals surface area contributed by atoms with E-state index in [4.69, 9.17) is 9.84 Å². The van der Waals surface area contributed by atoms with Crippen molar-refractivity contribution in [3.63, 3.8) is 0 Å². The van der Waals surface area contributed by atoms with E-state index in [2.05, 4.69) is 0 Å². The topological polar surface area (TPSA) is 90.3 Å². The van der Waals surface area contributed by atoms with Gasteiger partial charge in [-0.3, -0.25) is 9.69 Å². The summed E-state index contributed by atoms with van der Waals surface area (Å²) >= 11 is 0. The Balaban J connectivity index is 1.77. The van der Waals surface area contributed by atoms with E-state index in [1.165, 1.54) is 4.90 Å². The molecular weight excluding hydrogens is 252 g/mol. The van der Waals surface area contributed by atoms with Crippen LogP contribution < -0.4 is 0 Å². The Hall–Kier alpha value is -1.34. The average molecular weight is 272 g/mol. The van der Waals surface area contributed by atoms with E-state index in [1.54, 1.807) is 4.90 Å². The van der Waals surface area contributed by atoms with Crippen molar-refractivity contribution in [2.24, 2.45) is 5.92 Å². The lowest BCUT2D eigenvalue weighted by atomic mass is 9.91. The number of ether oxygens (including phenoxy) is 1. The minimum Gasteiger partial charge on any atom is -0.448 e. The van der Waals surface area contributed by atoms with Crippen LogP contribution in [0.1, 0.15) is 12.8 Å². The van der Waals surface area contributed by atoms with Gasteiger partial charge in [0.15, 0.2) is 0 Å². The number of cyclic esters (lactones) is 1. The molecule has 0 aromatic rings.